The maximum atomic E-state index is 13.4. The van der Waals surface area contributed by atoms with Crippen LogP contribution in [-0.2, 0) is 9.59 Å². The van der Waals surface area contributed by atoms with Crippen LogP contribution in [-0.4, -0.2) is 35.9 Å². The van der Waals surface area contributed by atoms with E-state index in [1.54, 1.807) is 6.20 Å². The van der Waals surface area contributed by atoms with Crippen LogP contribution in [0.2, 0.25) is 0 Å². The number of aromatic amines is 1. The van der Waals surface area contributed by atoms with Gasteiger partial charge in [0.15, 0.2) is 0 Å². The van der Waals surface area contributed by atoms with Gasteiger partial charge in [-0.05, 0) is 42.3 Å². The maximum absolute atomic E-state index is 13.4. The van der Waals surface area contributed by atoms with E-state index in [1.807, 2.05) is 98.7 Å². The molecule has 0 bridgehead atoms. The van der Waals surface area contributed by atoms with Gasteiger partial charge in [0.1, 0.15) is 5.76 Å². The fourth-order valence-corrected chi connectivity index (χ4v) is 4.60. The van der Waals surface area contributed by atoms with Gasteiger partial charge in [0, 0.05) is 48.1 Å². The molecule has 1 fully saturated rings. The lowest BCUT2D eigenvalue weighted by molar-refractivity contribution is -0.132. The number of benzene rings is 3. The third-order valence-corrected chi connectivity index (χ3v) is 6.39. The zero-order valence-corrected chi connectivity index (χ0v) is 19.2. The Kier molecular flexibility index (Phi) is 5.21. The van der Waals surface area contributed by atoms with Crippen molar-refractivity contribution in [3.05, 3.63) is 101 Å². The van der Waals surface area contributed by atoms with Gasteiger partial charge in [-0.3, -0.25) is 14.5 Å². The van der Waals surface area contributed by atoms with Crippen molar-refractivity contribution in [2.24, 2.45) is 0 Å². The zero-order valence-electron chi connectivity index (χ0n) is 19.2. The lowest BCUT2D eigenvalue weighted by Crippen LogP contribution is -2.30. The number of amides is 1. The van der Waals surface area contributed by atoms with Crippen LogP contribution in [0.25, 0.3) is 16.7 Å². The summed E-state index contributed by atoms with van der Waals surface area (Å²) < 4.78 is 0. The molecule has 1 aliphatic heterocycles. The Labute approximate surface area is 197 Å². The molecule has 3 aromatic carbocycles. The molecule has 6 nitrogen and oxygen atoms in total. The summed E-state index contributed by atoms with van der Waals surface area (Å²) >= 11 is 0. The van der Waals surface area contributed by atoms with Crippen LogP contribution >= 0.6 is 0 Å². The van der Waals surface area contributed by atoms with E-state index in [9.17, 15) is 14.7 Å². The van der Waals surface area contributed by atoms with Crippen molar-refractivity contribution >= 4 is 39.7 Å². The zero-order chi connectivity index (χ0) is 24.0. The first-order valence-electron chi connectivity index (χ1n) is 11.1. The first-order valence-corrected chi connectivity index (χ1v) is 11.1. The fraction of sp³-hybridized carbons (Fsp3) is 0.143. The molecule has 1 saturated heterocycles. The Balaban J connectivity index is 1.75. The van der Waals surface area contributed by atoms with Crippen LogP contribution in [0, 0.1) is 6.92 Å². The summed E-state index contributed by atoms with van der Waals surface area (Å²) in [6.45, 7) is 1.90. The Morgan fingerprint density at radius 2 is 1.62 bits per heavy atom. The summed E-state index contributed by atoms with van der Waals surface area (Å²) in [5, 5.41) is 12.2. The van der Waals surface area contributed by atoms with Gasteiger partial charge < -0.3 is 15.0 Å². The molecule has 4 aromatic rings. The topological polar surface area (TPSA) is 76.6 Å². The number of fused-ring (bicyclic) bond motifs is 1. The van der Waals surface area contributed by atoms with Gasteiger partial charge in [-0.25, -0.2) is 0 Å². The quantitative estimate of drug-likeness (QED) is 0.255. The van der Waals surface area contributed by atoms with E-state index >= 15 is 0 Å². The van der Waals surface area contributed by atoms with Gasteiger partial charge in [0.25, 0.3) is 11.7 Å². The van der Waals surface area contributed by atoms with E-state index < -0.39 is 17.7 Å². The first kappa shape index (κ1) is 21.5. The van der Waals surface area contributed by atoms with Gasteiger partial charge in [0.05, 0.1) is 11.6 Å². The molecule has 0 spiro atoms. The molecule has 1 aliphatic rings. The maximum Gasteiger partial charge on any atom is 0.300 e. The molecule has 0 aliphatic carbocycles. The average Bonchev–Trinajstić information content (AvgIpc) is 3.38. The molecular formula is C28H25N3O3. The van der Waals surface area contributed by atoms with Crippen molar-refractivity contribution < 1.29 is 14.7 Å². The Morgan fingerprint density at radius 1 is 0.941 bits per heavy atom. The van der Waals surface area contributed by atoms with E-state index in [0.29, 0.717) is 11.3 Å². The van der Waals surface area contributed by atoms with Crippen molar-refractivity contribution in [1.29, 1.82) is 0 Å². The minimum Gasteiger partial charge on any atom is -0.507 e. The predicted molar refractivity (Wildman–Crippen MR) is 135 cm³/mol. The summed E-state index contributed by atoms with van der Waals surface area (Å²) in [5.74, 6) is -1.54. The number of rotatable bonds is 4. The highest BCUT2D eigenvalue weighted by atomic mass is 16.3. The number of hydrogen-bond acceptors (Lipinski definition) is 4. The smallest absolute Gasteiger partial charge is 0.300 e. The fourth-order valence-electron chi connectivity index (χ4n) is 4.60. The standard InChI is InChI=1S/C28H25N3O3/c1-17-8-4-7-11-23(17)31-25(18-12-14-19(15-13-18)30(2)3)24(27(33)28(31)34)26(32)21-16-29-22-10-6-5-9-20(21)22/h4-16,25,29,32H,1-3H3/b26-24-. The number of Topliss-reactive ketones (excluding diaryl/α,β-unsaturated/α-hetero) is 1. The number of aromatic nitrogens is 1. The number of hydrogen-bond donors (Lipinski definition) is 2. The number of aliphatic hydroxyl groups excluding tert-OH is 1. The third-order valence-electron chi connectivity index (χ3n) is 6.39. The molecule has 0 saturated carbocycles. The van der Waals surface area contributed by atoms with E-state index in [-0.39, 0.29) is 11.3 Å². The predicted octanol–water partition coefficient (Wildman–Crippen LogP) is 5.17. The molecule has 34 heavy (non-hydrogen) atoms. The average molecular weight is 452 g/mol. The van der Waals surface area contributed by atoms with Gasteiger partial charge in [-0.2, -0.15) is 0 Å². The summed E-state index contributed by atoms with van der Waals surface area (Å²) in [7, 11) is 3.90. The van der Waals surface area contributed by atoms with Crippen LogP contribution in [0.1, 0.15) is 22.7 Å². The summed E-state index contributed by atoms with van der Waals surface area (Å²) in [5.41, 5.74) is 4.66. The Morgan fingerprint density at radius 3 is 2.32 bits per heavy atom. The number of H-pyrrole nitrogens is 1. The van der Waals surface area contributed by atoms with Crippen molar-refractivity contribution in [3.8, 4) is 0 Å². The summed E-state index contributed by atoms with van der Waals surface area (Å²) in [6.07, 6.45) is 1.67. The van der Waals surface area contributed by atoms with Gasteiger partial charge in [0.2, 0.25) is 0 Å². The monoisotopic (exact) mass is 451 g/mol. The summed E-state index contributed by atoms with van der Waals surface area (Å²) in [6, 6.07) is 21.9. The van der Waals surface area contributed by atoms with Crippen LogP contribution in [0.5, 0.6) is 0 Å². The van der Waals surface area contributed by atoms with Crippen LogP contribution in [0.3, 0.4) is 0 Å². The second-order valence-corrected chi connectivity index (χ2v) is 8.69. The Bertz CT molecular complexity index is 1450. The largest absolute Gasteiger partial charge is 0.507 e. The second kappa shape index (κ2) is 8.23. The van der Waals surface area contributed by atoms with E-state index in [4.69, 9.17) is 0 Å². The highest BCUT2D eigenvalue weighted by molar-refractivity contribution is 6.52. The number of anilines is 2. The van der Waals surface area contributed by atoms with E-state index in [0.717, 1.165) is 27.7 Å². The highest BCUT2D eigenvalue weighted by Gasteiger charge is 2.47. The molecule has 1 unspecified atom stereocenters. The number of nitrogens with zero attached hydrogens (tertiary/aromatic N) is 2. The minimum absolute atomic E-state index is 0.0793. The molecular weight excluding hydrogens is 426 g/mol. The number of para-hydroxylation sites is 2. The lowest BCUT2D eigenvalue weighted by atomic mass is 9.94. The van der Waals surface area contributed by atoms with Crippen molar-refractivity contribution in [2.45, 2.75) is 13.0 Å². The van der Waals surface area contributed by atoms with E-state index in [1.165, 1.54) is 4.90 Å². The Hall–Kier alpha value is -4.32. The molecule has 1 aromatic heterocycles. The first-order chi connectivity index (χ1) is 16.4. The minimum atomic E-state index is -0.758. The molecule has 0 radical (unpaired) electrons. The molecule has 2 N–H and O–H groups in total. The number of nitrogens with one attached hydrogen (secondary N) is 1. The van der Waals surface area contributed by atoms with Gasteiger partial charge >= 0.3 is 0 Å². The molecule has 2 heterocycles. The number of ketones is 1. The number of aliphatic hydroxyl groups is 1. The number of carbonyl (C=O) groups is 2. The normalized spacial score (nSPS) is 17.5. The van der Waals surface area contributed by atoms with Crippen LogP contribution in [0.15, 0.2) is 84.6 Å². The summed E-state index contributed by atoms with van der Waals surface area (Å²) in [4.78, 5) is 33.4. The SMILES string of the molecule is Cc1ccccc1N1C(=O)C(=O)/C(=C(\O)c2c[nH]c3ccccc23)C1c1ccc(N(C)C)cc1. The van der Waals surface area contributed by atoms with E-state index in [2.05, 4.69) is 4.98 Å². The van der Waals surface area contributed by atoms with Gasteiger partial charge in [-0.15, -0.1) is 0 Å². The third kappa shape index (κ3) is 3.35. The van der Waals surface area contributed by atoms with Crippen molar-refractivity contribution in [2.75, 3.05) is 23.9 Å². The highest BCUT2D eigenvalue weighted by Crippen LogP contribution is 2.44. The molecule has 1 atom stereocenters. The van der Waals surface area contributed by atoms with Crippen molar-refractivity contribution in [1.82, 2.24) is 4.98 Å². The number of carbonyl (C=O) groups excluding carboxylic acids is 2. The lowest BCUT2D eigenvalue weighted by Gasteiger charge is -2.27. The molecule has 6 heteroatoms. The van der Waals surface area contributed by atoms with Crippen LogP contribution in [0.4, 0.5) is 11.4 Å². The number of aryl methyl sites for hydroxylation is 1. The molecule has 170 valence electrons. The molecule has 5 rings (SSSR count). The van der Waals surface area contributed by atoms with Gasteiger partial charge in [-0.1, -0.05) is 48.5 Å². The second-order valence-electron chi connectivity index (χ2n) is 8.69. The molecule has 1 amide bonds. The van der Waals surface area contributed by atoms with Crippen LogP contribution < -0.4 is 9.80 Å². The van der Waals surface area contributed by atoms with Crippen molar-refractivity contribution in [3.63, 3.8) is 0 Å².